The first kappa shape index (κ1) is 17.3. The number of ether oxygens (including phenoxy) is 1. The number of hydrogen-bond donors (Lipinski definition) is 1. The second-order valence-electron chi connectivity index (χ2n) is 3.85. The second-order valence-corrected chi connectivity index (χ2v) is 4.67. The van der Waals surface area contributed by atoms with Crippen molar-refractivity contribution in [3.63, 3.8) is 0 Å². The molecule has 0 heterocycles. The van der Waals surface area contributed by atoms with Crippen molar-refractivity contribution in [2.75, 3.05) is 14.2 Å². The maximum atomic E-state index is 13.5. The summed E-state index contributed by atoms with van der Waals surface area (Å²) < 4.78 is 69.0. The van der Waals surface area contributed by atoms with E-state index in [9.17, 15) is 22.0 Å². The summed E-state index contributed by atoms with van der Waals surface area (Å²) in [6.07, 6.45) is -5.73. The van der Waals surface area contributed by atoms with Crippen LogP contribution in [0.15, 0.2) is 12.1 Å². The minimum atomic E-state index is -5.73. The summed E-state index contributed by atoms with van der Waals surface area (Å²) in [5.74, 6) is -4.94. The van der Waals surface area contributed by atoms with Crippen LogP contribution in [0.3, 0.4) is 0 Å². The fraction of sp³-hybridized carbons (Fsp3) is 0.455. The molecule has 1 atom stereocenters. The zero-order valence-electron chi connectivity index (χ0n) is 10.3. The molecule has 2 nitrogen and oxygen atoms in total. The molecular weight excluding hydrogens is 328 g/mol. The molecule has 0 aliphatic carbocycles. The molecule has 0 saturated heterocycles. The lowest BCUT2D eigenvalue weighted by Crippen LogP contribution is -2.47. The van der Waals surface area contributed by atoms with Crippen LogP contribution >= 0.6 is 23.2 Å². The van der Waals surface area contributed by atoms with Gasteiger partial charge in [0.1, 0.15) is 11.8 Å². The lowest BCUT2D eigenvalue weighted by molar-refractivity contribution is -0.293. The molecule has 114 valence electrons. The van der Waals surface area contributed by atoms with E-state index in [-0.39, 0.29) is 15.8 Å². The highest BCUT2D eigenvalue weighted by atomic mass is 35.5. The van der Waals surface area contributed by atoms with Crippen LogP contribution < -0.4 is 10.1 Å². The summed E-state index contributed by atoms with van der Waals surface area (Å²) in [7, 11) is 2.23. The zero-order chi connectivity index (χ0) is 15.7. The SMILES string of the molecule is CNC(c1cc(Cl)c(OC)cc1Cl)C(F)(F)C(F)(F)F. The van der Waals surface area contributed by atoms with Gasteiger partial charge >= 0.3 is 12.1 Å². The molecule has 0 aromatic heterocycles. The quantitative estimate of drug-likeness (QED) is 0.819. The molecule has 0 amide bonds. The fourth-order valence-electron chi connectivity index (χ4n) is 1.62. The van der Waals surface area contributed by atoms with Crippen LogP contribution in [0.1, 0.15) is 11.6 Å². The molecule has 9 heteroatoms. The smallest absolute Gasteiger partial charge is 0.455 e. The minimum Gasteiger partial charge on any atom is -0.495 e. The number of rotatable bonds is 4. The summed E-state index contributed by atoms with van der Waals surface area (Å²) in [6.45, 7) is 0. The van der Waals surface area contributed by atoms with Gasteiger partial charge in [-0.05, 0) is 18.7 Å². The highest BCUT2D eigenvalue weighted by Crippen LogP contribution is 2.47. The Labute approximate surface area is 121 Å². The standard InChI is InChI=1S/C11H10Cl2F5NO/c1-19-9(10(14,15)11(16,17)18)5-3-7(13)8(20-2)4-6(5)12/h3-4,9,19H,1-2H3. The van der Waals surface area contributed by atoms with Crippen molar-refractivity contribution < 1.29 is 26.7 Å². The van der Waals surface area contributed by atoms with Gasteiger partial charge in [0.25, 0.3) is 0 Å². The number of methoxy groups -OCH3 is 1. The van der Waals surface area contributed by atoms with E-state index in [0.29, 0.717) is 0 Å². The average Bonchev–Trinajstić information content (AvgIpc) is 2.32. The van der Waals surface area contributed by atoms with Gasteiger partial charge in [-0.2, -0.15) is 22.0 Å². The maximum absolute atomic E-state index is 13.5. The van der Waals surface area contributed by atoms with Gasteiger partial charge in [0.2, 0.25) is 0 Å². The van der Waals surface area contributed by atoms with Crippen LogP contribution in [0, 0.1) is 0 Å². The van der Waals surface area contributed by atoms with Gasteiger partial charge in [-0.15, -0.1) is 0 Å². The molecule has 20 heavy (non-hydrogen) atoms. The largest absolute Gasteiger partial charge is 0.495 e. The van der Waals surface area contributed by atoms with E-state index in [2.05, 4.69) is 0 Å². The highest BCUT2D eigenvalue weighted by molar-refractivity contribution is 6.34. The molecule has 0 fully saturated rings. The summed E-state index contributed by atoms with van der Waals surface area (Å²) >= 11 is 11.5. The van der Waals surface area contributed by atoms with Gasteiger partial charge in [-0.25, -0.2) is 0 Å². The Balaban J connectivity index is 3.37. The molecule has 0 aliphatic rings. The predicted octanol–water partition coefficient (Wildman–Crippen LogP) is 4.46. The third-order valence-electron chi connectivity index (χ3n) is 2.61. The number of hydrogen-bond acceptors (Lipinski definition) is 2. The first-order valence-electron chi connectivity index (χ1n) is 5.21. The average molecular weight is 338 g/mol. The van der Waals surface area contributed by atoms with Crippen LogP contribution in [-0.4, -0.2) is 26.3 Å². The maximum Gasteiger partial charge on any atom is 0.455 e. The number of alkyl halides is 5. The molecule has 0 aliphatic heterocycles. The molecule has 0 saturated carbocycles. The zero-order valence-corrected chi connectivity index (χ0v) is 11.8. The Hall–Kier alpha value is -0.790. The monoisotopic (exact) mass is 337 g/mol. The van der Waals surface area contributed by atoms with E-state index in [0.717, 1.165) is 19.2 Å². The fourth-order valence-corrected chi connectivity index (χ4v) is 2.13. The van der Waals surface area contributed by atoms with Crippen molar-refractivity contribution in [1.29, 1.82) is 0 Å². The predicted molar refractivity (Wildman–Crippen MR) is 65.8 cm³/mol. The molecule has 1 unspecified atom stereocenters. The minimum absolute atomic E-state index is 0.0746. The van der Waals surface area contributed by atoms with Gasteiger partial charge < -0.3 is 10.1 Å². The Morgan fingerprint density at radius 2 is 1.65 bits per heavy atom. The Morgan fingerprint density at radius 1 is 1.10 bits per heavy atom. The van der Waals surface area contributed by atoms with Crippen LogP contribution in [0.25, 0.3) is 0 Å². The van der Waals surface area contributed by atoms with Gasteiger partial charge in [0, 0.05) is 11.1 Å². The van der Waals surface area contributed by atoms with E-state index in [1.165, 1.54) is 7.11 Å². The van der Waals surface area contributed by atoms with E-state index in [1.54, 1.807) is 0 Å². The molecule has 1 aromatic carbocycles. The topological polar surface area (TPSA) is 21.3 Å². The van der Waals surface area contributed by atoms with Crippen LogP contribution in [0.5, 0.6) is 5.75 Å². The molecular formula is C11H10Cl2F5NO. The lowest BCUT2D eigenvalue weighted by Gasteiger charge is -2.29. The molecule has 1 N–H and O–H groups in total. The summed E-state index contributed by atoms with van der Waals surface area (Å²) in [5.41, 5.74) is -0.470. The first-order valence-corrected chi connectivity index (χ1v) is 5.96. The van der Waals surface area contributed by atoms with Crippen molar-refractivity contribution in [2.45, 2.75) is 18.1 Å². The third kappa shape index (κ3) is 3.10. The Morgan fingerprint density at radius 3 is 2.05 bits per heavy atom. The normalized spacial score (nSPS) is 14.2. The van der Waals surface area contributed by atoms with Crippen LogP contribution in [-0.2, 0) is 0 Å². The number of nitrogens with one attached hydrogen (secondary N) is 1. The summed E-state index contributed by atoms with van der Waals surface area (Å²) in [5, 5.41) is 1.49. The van der Waals surface area contributed by atoms with Gasteiger partial charge in [-0.3, -0.25) is 0 Å². The van der Waals surface area contributed by atoms with E-state index in [4.69, 9.17) is 27.9 Å². The van der Waals surface area contributed by atoms with Gasteiger partial charge in [-0.1, -0.05) is 23.2 Å². The third-order valence-corrected chi connectivity index (χ3v) is 3.23. The molecule has 0 spiro atoms. The van der Waals surface area contributed by atoms with Crippen LogP contribution in [0.2, 0.25) is 10.0 Å². The van der Waals surface area contributed by atoms with E-state index < -0.39 is 23.7 Å². The molecule has 0 bridgehead atoms. The summed E-state index contributed by atoms with van der Waals surface area (Å²) in [6, 6.07) is -0.363. The first-order chi connectivity index (χ1) is 9.06. The Bertz CT molecular complexity index is 492. The summed E-state index contributed by atoms with van der Waals surface area (Å²) in [4.78, 5) is 0. The van der Waals surface area contributed by atoms with Gasteiger partial charge in [0.15, 0.2) is 0 Å². The molecule has 1 rings (SSSR count). The van der Waals surface area contributed by atoms with Crippen molar-refractivity contribution in [2.24, 2.45) is 0 Å². The second kappa shape index (κ2) is 5.91. The van der Waals surface area contributed by atoms with Crippen molar-refractivity contribution in [3.05, 3.63) is 27.7 Å². The molecule has 1 aromatic rings. The van der Waals surface area contributed by atoms with Crippen molar-refractivity contribution >= 4 is 23.2 Å². The number of benzene rings is 1. The Kier molecular flexibility index (Phi) is 5.10. The lowest BCUT2D eigenvalue weighted by atomic mass is 10.00. The van der Waals surface area contributed by atoms with Gasteiger partial charge in [0.05, 0.1) is 12.1 Å². The highest BCUT2D eigenvalue weighted by Gasteiger charge is 2.62. The van der Waals surface area contributed by atoms with Crippen molar-refractivity contribution in [3.8, 4) is 5.75 Å². The van der Waals surface area contributed by atoms with E-state index >= 15 is 0 Å². The van der Waals surface area contributed by atoms with E-state index in [1.807, 2.05) is 5.32 Å². The van der Waals surface area contributed by atoms with Crippen molar-refractivity contribution in [1.82, 2.24) is 5.32 Å². The molecule has 0 radical (unpaired) electrons. The number of halogens is 7. The van der Waals surface area contributed by atoms with Crippen LogP contribution in [0.4, 0.5) is 22.0 Å².